The number of alkyl halides is 3. The minimum atomic E-state index is -4.39. The Morgan fingerprint density at radius 1 is 1.26 bits per heavy atom. The van der Waals surface area contributed by atoms with Gasteiger partial charge in [0, 0.05) is 30.3 Å². The lowest BCUT2D eigenvalue weighted by Gasteiger charge is -2.38. The molecule has 3 heterocycles. The van der Waals surface area contributed by atoms with Gasteiger partial charge in [0.1, 0.15) is 17.3 Å². The molecular formula is C29H36ClF3N6O4. The lowest BCUT2D eigenvalue weighted by molar-refractivity contribution is -0.140. The zero-order chi connectivity index (χ0) is 31.0. The van der Waals surface area contributed by atoms with Crippen molar-refractivity contribution < 1.29 is 32.5 Å². The van der Waals surface area contributed by atoms with Crippen LogP contribution in [-0.2, 0) is 22.6 Å². The van der Waals surface area contributed by atoms with Crippen molar-refractivity contribution >= 4 is 34.2 Å². The molecule has 43 heavy (non-hydrogen) atoms. The highest BCUT2D eigenvalue weighted by atomic mass is 35.5. The number of aromatic nitrogens is 3. The van der Waals surface area contributed by atoms with Crippen molar-refractivity contribution in [2.45, 2.75) is 38.1 Å². The van der Waals surface area contributed by atoms with Crippen molar-refractivity contribution in [1.29, 1.82) is 0 Å². The van der Waals surface area contributed by atoms with Gasteiger partial charge >= 0.3 is 12.1 Å². The molecule has 4 rings (SSSR count). The number of aromatic carboxylic acids is 1. The van der Waals surface area contributed by atoms with E-state index in [2.05, 4.69) is 34.2 Å². The number of fused-ring (bicyclic) bond motifs is 1. The summed E-state index contributed by atoms with van der Waals surface area (Å²) in [4.78, 5) is 13.3. The van der Waals surface area contributed by atoms with E-state index in [4.69, 9.17) is 31.9 Å². The number of hydrogen-bond acceptors (Lipinski definition) is 7. The van der Waals surface area contributed by atoms with Crippen LogP contribution in [-0.4, -0.2) is 95.7 Å². The number of benzene rings is 1. The third kappa shape index (κ3) is 8.87. The quantitative estimate of drug-likeness (QED) is 0.193. The maximum absolute atomic E-state index is 13.4. The Morgan fingerprint density at radius 3 is 2.72 bits per heavy atom. The summed E-state index contributed by atoms with van der Waals surface area (Å²) in [5.74, 6) is 4.59. The minimum absolute atomic E-state index is 0.0516. The van der Waals surface area contributed by atoms with Gasteiger partial charge in [-0.05, 0) is 56.5 Å². The van der Waals surface area contributed by atoms with Gasteiger partial charge in [0.15, 0.2) is 0 Å². The van der Waals surface area contributed by atoms with E-state index < -0.39 is 18.7 Å². The monoisotopic (exact) mass is 624 g/mol. The second-order valence-electron chi connectivity index (χ2n) is 10.4. The number of nitrogens with two attached hydrogens (primary N) is 1. The molecule has 0 spiro atoms. The molecule has 0 aliphatic carbocycles. The van der Waals surface area contributed by atoms with Crippen molar-refractivity contribution in [3.05, 3.63) is 46.9 Å². The summed E-state index contributed by atoms with van der Waals surface area (Å²) in [5.41, 5.74) is 6.95. The predicted octanol–water partition coefficient (Wildman–Crippen LogP) is 3.92. The van der Waals surface area contributed by atoms with E-state index in [-0.39, 0.29) is 34.9 Å². The molecule has 0 bridgehead atoms. The van der Waals surface area contributed by atoms with Crippen LogP contribution in [0.2, 0.25) is 5.15 Å². The van der Waals surface area contributed by atoms with Crippen LogP contribution in [0.25, 0.3) is 10.9 Å². The number of carboxylic acid groups (broad SMARTS) is 1. The lowest BCUT2D eigenvalue weighted by Crippen LogP contribution is -2.45. The molecule has 0 amide bonds. The molecule has 1 fully saturated rings. The van der Waals surface area contributed by atoms with Gasteiger partial charge in [-0.2, -0.15) is 18.3 Å². The van der Waals surface area contributed by atoms with Crippen LogP contribution in [0.15, 0.2) is 30.5 Å². The zero-order valence-electron chi connectivity index (χ0n) is 23.9. The number of ether oxygens (including phenoxy) is 2. The Morgan fingerprint density at radius 2 is 2.02 bits per heavy atom. The van der Waals surface area contributed by atoms with E-state index in [1.807, 2.05) is 6.07 Å². The van der Waals surface area contributed by atoms with Crippen LogP contribution in [0.4, 0.5) is 18.9 Å². The summed E-state index contributed by atoms with van der Waals surface area (Å²) in [6, 6.07) is 7.14. The van der Waals surface area contributed by atoms with E-state index in [1.54, 1.807) is 18.2 Å². The summed E-state index contributed by atoms with van der Waals surface area (Å²) in [5, 5.41) is 17.4. The molecule has 10 nitrogen and oxygen atoms in total. The number of anilines is 1. The molecule has 1 aliphatic heterocycles. The molecule has 2 unspecified atom stereocenters. The molecule has 2 atom stereocenters. The molecular weight excluding hydrogens is 589 g/mol. The summed E-state index contributed by atoms with van der Waals surface area (Å²) >= 11 is 6.00. The van der Waals surface area contributed by atoms with Crippen LogP contribution in [0.1, 0.15) is 28.9 Å². The van der Waals surface area contributed by atoms with E-state index >= 15 is 0 Å². The first-order valence-electron chi connectivity index (χ1n) is 14.0. The summed E-state index contributed by atoms with van der Waals surface area (Å²) in [6.07, 6.45) is -1.51. The standard InChI is InChI=1S/C29H36ClF3N6O4/c1-37-10-7-24(20(18-37)8-12-42-14-15-43-13-11-39-27(30)23(17-35-39)28(40)41)36-25-5-2-6-26-22(25)16-21(4-3-9-34)38(26)19-29(31,32)33/h2,5-6,16-17,20,24,36H,7-15,18-19,34H2,1H3,(H,40,41). The van der Waals surface area contributed by atoms with Gasteiger partial charge in [0.2, 0.25) is 0 Å². The maximum Gasteiger partial charge on any atom is 0.406 e. The van der Waals surface area contributed by atoms with E-state index in [0.29, 0.717) is 43.9 Å². The molecule has 2 aromatic heterocycles. The van der Waals surface area contributed by atoms with Crippen LogP contribution >= 0.6 is 11.6 Å². The number of nitrogens with zero attached hydrogens (tertiary/aromatic N) is 4. The van der Waals surface area contributed by atoms with Crippen molar-refractivity contribution in [3.63, 3.8) is 0 Å². The SMILES string of the molecule is CN1CCC(Nc2cccc3c2cc(C#CCN)n3CC(F)(F)F)C(CCOCCOCCn2ncc(C(=O)O)c2Cl)C1. The molecule has 0 saturated carbocycles. The molecule has 234 valence electrons. The Hall–Kier alpha value is -3.28. The minimum Gasteiger partial charge on any atom is -0.478 e. The smallest absolute Gasteiger partial charge is 0.406 e. The molecule has 3 aromatic rings. The van der Waals surface area contributed by atoms with Gasteiger partial charge in [-0.25, -0.2) is 4.79 Å². The molecule has 1 saturated heterocycles. The van der Waals surface area contributed by atoms with Crippen LogP contribution in [0.5, 0.6) is 0 Å². The maximum atomic E-state index is 13.4. The number of carbonyl (C=O) groups is 1. The average molecular weight is 625 g/mol. The number of hydrogen-bond donors (Lipinski definition) is 3. The second-order valence-corrected chi connectivity index (χ2v) is 10.8. The van der Waals surface area contributed by atoms with Crippen LogP contribution < -0.4 is 11.1 Å². The first kappa shape index (κ1) is 32.6. The summed E-state index contributed by atoms with van der Waals surface area (Å²) in [6.45, 7) is 2.59. The van der Waals surface area contributed by atoms with Gasteiger partial charge in [-0.15, -0.1) is 0 Å². The number of piperidine rings is 1. The number of halogens is 4. The van der Waals surface area contributed by atoms with E-state index in [9.17, 15) is 18.0 Å². The van der Waals surface area contributed by atoms with Crippen molar-refractivity contribution in [2.24, 2.45) is 11.7 Å². The predicted molar refractivity (Wildman–Crippen MR) is 157 cm³/mol. The number of rotatable bonds is 13. The summed E-state index contributed by atoms with van der Waals surface area (Å²) < 4.78 is 54.2. The van der Waals surface area contributed by atoms with Gasteiger partial charge in [0.25, 0.3) is 0 Å². The first-order chi connectivity index (χ1) is 20.6. The lowest BCUT2D eigenvalue weighted by atomic mass is 9.89. The van der Waals surface area contributed by atoms with Crippen LogP contribution in [0.3, 0.4) is 0 Å². The van der Waals surface area contributed by atoms with E-state index in [0.717, 1.165) is 31.6 Å². The fraction of sp³-hybridized carbons (Fsp3) is 0.517. The number of likely N-dealkylation sites (tertiary alicyclic amines) is 1. The van der Waals surface area contributed by atoms with Crippen molar-refractivity contribution in [1.82, 2.24) is 19.2 Å². The van der Waals surface area contributed by atoms with E-state index in [1.165, 1.54) is 15.4 Å². The molecule has 14 heteroatoms. The van der Waals surface area contributed by atoms with Crippen LogP contribution in [0, 0.1) is 17.8 Å². The molecule has 4 N–H and O–H groups in total. The third-order valence-corrected chi connectivity index (χ3v) is 7.74. The largest absolute Gasteiger partial charge is 0.478 e. The number of carboxylic acids is 1. The highest BCUT2D eigenvalue weighted by Crippen LogP contribution is 2.32. The highest BCUT2D eigenvalue weighted by molar-refractivity contribution is 6.32. The molecule has 1 aliphatic rings. The topological polar surface area (TPSA) is 120 Å². The fourth-order valence-electron chi connectivity index (χ4n) is 5.28. The van der Waals surface area contributed by atoms with Crippen molar-refractivity contribution in [2.75, 3.05) is 58.4 Å². The van der Waals surface area contributed by atoms with Gasteiger partial charge in [-0.3, -0.25) is 4.68 Å². The second kappa shape index (κ2) is 14.9. The van der Waals surface area contributed by atoms with Gasteiger partial charge < -0.3 is 35.1 Å². The Balaban J connectivity index is 1.31. The highest BCUT2D eigenvalue weighted by Gasteiger charge is 2.31. The third-order valence-electron chi connectivity index (χ3n) is 7.34. The van der Waals surface area contributed by atoms with Gasteiger partial charge in [0.05, 0.1) is 50.3 Å². The Labute approximate surface area is 252 Å². The normalized spacial score (nSPS) is 17.6. The molecule has 0 radical (unpaired) electrons. The summed E-state index contributed by atoms with van der Waals surface area (Å²) in [7, 11) is 2.07. The fourth-order valence-corrected chi connectivity index (χ4v) is 5.54. The van der Waals surface area contributed by atoms with Gasteiger partial charge in [-0.1, -0.05) is 23.6 Å². The average Bonchev–Trinajstić information content (AvgIpc) is 3.49. The first-order valence-corrected chi connectivity index (χ1v) is 14.4. The number of nitrogens with one attached hydrogen (secondary N) is 1. The zero-order valence-corrected chi connectivity index (χ0v) is 24.6. The Kier molecular flexibility index (Phi) is 11.3. The van der Waals surface area contributed by atoms with Crippen molar-refractivity contribution in [3.8, 4) is 11.8 Å². The molecule has 1 aromatic carbocycles. The Bertz CT molecular complexity index is 1450.